The third-order valence-corrected chi connectivity index (χ3v) is 12.2. The summed E-state index contributed by atoms with van der Waals surface area (Å²) < 4.78 is 5.18. The zero-order valence-corrected chi connectivity index (χ0v) is 27.8. The lowest BCUT2D eigenvalue weighted by atomic mass is 9.91. The third-order valence-electron chi connectivity index (χ3n) is 11.1. The van der Waals surface area contributed by atoms with Crippen LogP contribution in [-0.2, 0) is 0 Å². The Morgan fingerprint density at radius 3 is 1.80 bits per heavy atom. The average molecular weight is 650 g/mol. The van der Waals surface area contributed by atoms with Gasteiger partial charge in [0.15, 0.2) is 0 Å². The minimum Gasteiger partial charge on any atom is -0.309 e. The maximum Gasteiger partial charge on any atom is 0.0547 e. The minimum absolute atomic E-state index is 1.20. The maximum atomic E-state index is 2.50. The molecule has 12 rings (SSSR count). The summed E-state index contributed by atoms with van der Waals surface area (Å²) in [6, 6.07) is 61.2. The van der Waals surface area contributed by atoms with Crippen LogP contribution in [0.5, 0.6) is 0 Å². The summed E-state index contributed by atoms with van der Waals surface area (Å²) in [5.41, 5.74) is 11.5. The number of para-hydroxylation sites is 1. The molecule has 1 nitrogen and oxygen atoms in total. The number of aromatic nitrogens is 1. The molecule has 230 valence electrons. The Hall–Kier alpha value is -6.22. The largest absolute Gasteiger partial charge is 0.309 e. The van der Waals surface area contributed by atoms with E-state index in [1.807, 2.05) is 11.3 Å². The van der Waals surface area contributed by atoms with Crippen molar-refractivity contribution in [2.45, 2.75) is 0 Å². The smallest absolute Gasteiger partial charge is 0.0547 e. The zero-order valence-electron chi connectivity index (χ0n) is 26.9. The molecule has 0 saturated carbocycles. The van der Waals surface area contributed by atoms with Gasteiger partial charge >= 0.3 is 0 Å². The quantitative estimate of drug-likeness (QED) is 0.176. The standard InChI is InChI=1S/C48H27NS/c1-2-12-32-31(11-1)38-16-9-17-39-34(20-21-40(32)48(38)39)33-22-23-44(35-13-4-3-10-30(33)35)49-43-18-7-5-14-36(43)41-24-29-27-47-42(25-28(29)26-45(41)49)37-15-6-8-19-46(37)50-47/h1-27H. The van der Waals surface area contributed by atoms with Crippen LogP contribution in [0.2, 0.25) is 0 Å². The molecule has 0 N–H and O–H groups in total. The Morgan fingerprint density at radius 2 is 0.920 bits per heavy atom. The van der Waals surface area contributed by atoms with Crippen LogP contribution in [0.1, 0.15) is 0 Å². The molecule has 0 spiro atoms. The number of hydrogen-bond acceptors (Lipinski definition) is 1. The first-order chi connectivity index (χ1) is 24.8. The van der Waals surface area contributed by atoms with Crippen molar-refractivity contribution in [3.05, 3.63) is 164 Å². The van der Waals surface area contributed by atoms with Gasteiger partial charge in [0.1, 0.15) is 0 Å². The lowest BCUT2D eigenvalue weighted by Gasteiger charge is -2.16. The Kier molecular flexibility index (Phi) is 5.18. The van der Waals surface area contributed by atoms with Gasteiger partial charge in [0, 0.05) is 36.3 Å². The summed E-state index contributed by atoms with van der Waals surface area (Å²) >= 11 is 1.89. The molecule has 0 bridgehead atoms. The first-order valence-electron chi connectivity index (χ1n) is 17.3. The van der Waals surface area contributed by atoms with Gasteiger partial charge in [-0.05, 0) is 103 Å². The number of benzene rings is 9. The summed E-state index contributed by atoms with van der Waals surface area (Å²) in [6.45, 7) is 0. The highest BCUT2D eigenvalue weighted by Crippen LogP contribution is 2.50. The van der Waals surface area contributed by atoms with Crippen LogP contribution in [0.4, 0.5) is 0 Å². The SMILES string of the molecule is c1ccc2c(c1)-c1cccc3c(-c4ccc(-n5c6ccccc6c6cc7cc8sc9ccccc9c8cc7cc65)c5ccccc45)ccc-2c13. The van der Waals surface area contributed by atoms with E-state index in [0.29, 0.717) is 0 Å². The first-order valence-corrected chi connectivity index (χ1v) is 18.1. The summed E-state index contributed by atoms with van der Waals surface area (Å²) in [7, 11) is 0. The Bertz CT molecular complexity index is 3240. The molecule has 50 heavy (non-hydrogen) atoms. The number of hydrogen-bond donors (Lipinski definition) is 0. The van der Waals surface area contributed by atoms with Gasteiger partial charge in [0.05, 0.1) is 16.7 Å². The lowest BCUT2D eigenvalue weighted by Crippen LogP contribution is -1.96. The molecule has 0 amide bonds. The number of rotatable bonds is 2. The Balaban J connectivity index is 1.13. The van der Waals surface area contributed by atoms with Gasteiger partial charge in [-0.25, -0.2) is 0 Å². The third kappa shape index (κ3) is 3.46. The molecule has 2 heterocycles. The monoisotopic (exact) mass is 649 g/mol. The van der Waals surface area contributed by atoms with Crippen LogP contribution < -0.4 is 0 Å². The summed E-state index contributed by atoms with van der Waals surface area (Å²) in [5.74, 6) is 0. The van der Waals surface area contributed by atoms with E-state index in [2.05, 4.69) is 168 Å². The number of thiophene rings is 1. The Morgan fingerprint density at radius 1 is 0.320 bits per heavy atom. The van der Waals surface area contributed by atoms with E-state index < -0.39 is 0 Å². The molecular formula is C48H27NS. The average Bonchev–Trinajstić information content (AvgIpc) is 3.81. The van der Waals surface area contributed by atoms with Crippen molar-refractivity contribution in [1.29, 1.82) is 0 Å². The molecule has 0 saturated heterocycles. The molecule has 9 aromatic carbocycles. The van der Waals surface area contributed by atoms with Gasteiger partial charge in [-0.3, -0.25) is 0 Å². The lowest BCUT2D eigenvalue weighted by molar-refractivity contribution is 1.20. The minimum atomic E-state index is 1.20. The van der Waals surface area contributed by atoms with E-state index in [1.165, 1.54) is 113 Å². The van der Waals surface area contributed by atoms with Gasteiger partial charge in [-0.1, -0.05) is 121 Å². The molecule has 11 aromatic rings. The fraction of sp³-hybridized carbons (Fsp3) is 0. The van der Waals surface area contributed by atoms with E-state index in [4.69, 9.17) is 0 Å². The molecule has 1 aliphatic rings. The topological polar surface area (TPSA) is 4.93 Å². The van der Waals surface area contributed by atoms with Gasteiger partial charge in [-0.2, -0.15) is 0 Å². The van der Waals surface area contributed by atoms with E-state index >= 15 is 0 Å². The predicted molar refractivity (Wildman–Crippen MR) is 216 cm³/mol. The van der Waals surface area contributed by atoms with Gasteiger partial charge < -0.3 is 4.57 Å². The van der Waals surface area contributed by atoms with Crippen molar-refractivity contribution in [3.63, 3.8) is 0 Å². The van der Waals surface area contributed by atoms with Crippen molar-refractivity contribution >= 4 is 85.6 Å². The second-order valence-electron chi connectivity index (χ2n) is 13.6. The fourth-order valence-corrected chi connectivity index (χ4v) is 10.1. The van der Waals surface area contributed by atoms with Crippen LogP contribution in [-0.4, -0.2) is 4.57 Å². The van der Waals surface area contributed by atoms with Crippen molar-refractivity contribution < 1.29 is 0 Å². The number of nitrogens with zero attached hydrogens (tertiary/aromatic N) is 1. The molecule has 0 unspecified atom stereocenters. The van der Waals surface area contributed by atoms with Crippen molar-refractivity contribution in [2.24, 2.45) is 0 Å². The van der Waals surface area contributed by atoms with E-state index in [0.717, 1.165) is 0 Å². The second-order valence-corrected chi connectivity index (χ2v) is 14.7. The molecule has 0 radical (unpaired) electrons. The van der Waals surface area contributed by atoms with Crippen LogP contribution >= 0.6 is 11.3 Å². The van der Waals surface area contributed by atoms with E-state index in [9.17, 15) is 0 Å². The summed E-state index contributed by atoms with van der Waals surface area (Å²) in [6.07, 6.45) is 0. The predicted octanol–water partition coefficient (Wildman–Crippen LogP) is 13.9. The summed E-state index contributed by atoms with van der Waals surface area (Å²) in [5, 5.41) is 13.0. The van der Waals surface area contributed by atoms with E-state index in [1.54, 1.807) is 0 Å². The highest BCUT2D eigenvalue weighted by atomic mass is 32.1. The van der Waals surface area contributed by atoms with Crippen LogP contribution in [0.3, 0.4) is 0 Å². The first kappa shape index (κ1) is 26.7. The molecular weight excluding hydrogens is 623 g/mol. The maximum absolute atomic E-state index is 2.50. The molecule has 0 atom stereocenters. The van der Waals surface area contributed by atoms with E-state index in [-0.39, 0.29) is 0 Å². The van der Waals surface area contributed by atoms with Crippen molar-refractivity contribution in [1.82, 2.24) is 4.57 Å². The molecule has 0 fully saturated rings. The van der Waals surface area contributed by atoms with Crippen molar-refractivity contribution in [3.8, 4) is 39.1 Å². The normalized spacial score (nSPS) is 12.4. The highest BCUT2D eigenvalue weighted by molar-refractivity contribution is 7.25. The Labute approximate surface area is 291 Å². The second kappa shape index (κ2) is 9.69. The number of fused-ring (bicyclic) bond motifs is 11. The molecule has 1 aliphatic carbocycles. The zero-order chi connectivity index (χ0) is 32.5. The van der Waals surface area contributed by atoms with Crippen molar-refractivity contribution in [2.75, 3.05) is 0 Å². The van der Waals surface area contributed by atoms with Crippen LogP contribution in [0, 0.1) is 0 Å². The molecule has 2 heteroatoms. The fourth-order valence-electron chi connectivity index (χ4n) is 8.95. The van der Waals surface area contributed by atoms with Gasteiger partial charge in [0.2, 0.25) is 0 Å². The molecule has 0 aliphatic heterocycles. The van der Waals surface area contributed by atoms with Crippen LogP contribution in [0.15, 0.2) is 164 Å². The highest BCUT2D eigenvalue weighted by Gasteiger charge is 2.23. The van der Waals surface area contributed by atoms with Crippen LogP contribution in [0.25, 0.3) is 113 Å². The van der Waals surface area contributed by atoms with Gasteiger partial charge in [-0.15, -0.1) is 11.3 Å². The summed E-state index contributed by atoms with van der Waals surface area (Å²) in [4.78, 5) is 0. The molecule has 2 aromatic heterocycles. The van der Waals surface area contributed by atoms with Gasteiger partial charge in [0.25, 0.3) is 0 Å².